The number of hydrogen-bond acceptors (Lipinski definition) is 3. The lowest BCUT2D eigenvalue weighted by Gasteiger charge is -2.35. The Labute approximate surface area is 80.1 Å². The first kappa shape index (κ1) is 9.46. The third-order valence-corrected chi connectivity index (χ3v) is 5.47. The molecule has 0 heterocycles. The lowest BCUT2D eigenvalue weighted by molar-refractivity contribution is 0.0202. The second kappa shape index (κ2) is 2.70. The molecule has 13 heavy (non-hydrogen) atoms. The quantitative estimate of drug-likeness (QED) is 0.608. The van der Waals surface area contributed by atoms with Crippen molar-refractivity contribution >= 4 is 10.7 Å². The summed E-state index contributed by atoms with van der Waals surface area (Å²) in [6.07, 6.45) is 1.21. The average Bonchev–Trinajstić information content (AvgIpc) is 2.49. The largest absolute Gasteiger partial charge is 0.392 e. The van der Waals surface area contributed by atoms with E-state index in [4.69, 9.17) is 0 Å². The van der Waals surface area contributed by atoms with Crippen LogP contribution < -0.4 is 0 Å². The van der Waals surface area contributed by atoms with Gasteiger partial charge in [-0.15, -0.1) is 0 Å². The highest BCUT2D eigenvalue weighted by molar-refractivity contribution is 7.73. The van der Waals surface area contributed by atoms with Crippen molar-refractivity contribution in [3.8, 4) is 0 Å². The molecule has 0 aromatic heterocycles. The molecule has 2 aliphatic carbocycles. The van der Waals surface area contributed by atoms with E-state index in [1.807, 2.05) is 13.8 Å². The van der Waals surface area contributed by atoms with Gasteiger partial charge in [-0.05, 0) is 24.7 Å². The van der Waals surface area contributed by atoms with Crippen LogP contribution in [-0.2, 0) is 10.7 Å². The van der Waals surface area contributed by atoms with E-state index in [0.29, 0.717) is 5.92 Å². The molecule has 76 valence electrons. The topological polar surface area (TPSA) is 54.4 Å². The van der Waals surface area contributed by atoms with E-state index in [9.17, 15) is 13.5 Å². The minimum Gasteiger partial charge on any atom is -0.392 e. The molecule has 4 heteroatoms. The molecule has 0 saturated heterocycles. The summed E-state index contributed by atoms with van der Waals surface area (Å²) < 4.78 is 21.9. The fraction of sp³-hybridized carbons (Fsp3) is 1.00. The summed E-state index contributed by atoms with van der Waals surface area (Å²) in [4.78, 5) is 0. The normalized spacial score (nSPS) is 54.8. The minimum atomic E-state index is -2.37. The summed E-state index contributed by atoms with van der Waals surface area (Å²) in [5.41, 5.74) is -0.362. The molecule has 0 aliphatic heterocycles. The average molecular weight is 204 g/mol. The van der Waals surface area contributed by atoms with Gasteiger partial charge in [-0.1, -0.05) is 13.8 Å². The van der Waals surface area contributed by atoms with Crippen molar-refractivity contribution in [3.05, 3.63) is 0 Å². The molecule has 5 atom stereocenters. The summed E-state index contributed by atoms with van der Waals surface area (Å²) >= 11 is 0. The lowest BCUT2D eigenvalue weighted by atomic mass is 9.79. The smallest absolute Gasteiger partial charge is 0.143 e. The Morgan fingerprint density at radius 1 is 1.46 bits per heavy atom. The zero-order chi connectivity index (χ0) is 9.80. The van der Waals surface area contributed by atoms with Gasteiger partial charge >= 0.3 is 0 Å². The molecule has 0 aromatic carbocycles. The number of rotatable bonds is 1. The first-order valence-electron chi connectivity index (χ1n) is 4.78. The van der Waals surface area contributed by atoms with Crippen LogP contribution in [0.15, 0.2) is 0 Å². The fourth-order valence-electron chi connectivity index (χ4n) is 3.24. The molecule has 0 amide bonds. The number of fused-ring (bicyclic) bond motifs is 2. The van der Waals surface area contributed by atoms with E-state index in [-0.39, 0.29) is 16.6 Å². The van der Waals surface area contributed by atoms with Crippen molar-refractivity contribution in [2.75, 3.05) is 0 Å². The third-order valence-electron chi connectivity index (χ3n) is 4.16. The molecule has 0 aromatic rings. The highest BCUT2D eigenvalue weighted by atomic mass is 32.2. The first-order chi connectivity index (χ1) is 5.97. The first-order valence-corrected chi connectivity index (χ1v) is 6.03. The monoisotopic (exact) mass is 204 g/mol. The SMILES string of the molecule is CC1C2CC([SH](=O)=O)C(C)(C2)C1O. The molecule has 0 radical (unpaired) electrons. The van der Waals surface area contributed by atoms with Crippen LogP contribution in [0.25, 0.3) is 0 Å². The standard InChI is InChI=1S/C9H16O3S/c1-5-6-3-7(13(11)12)9(2,4-6)8(5)10/h5-8,10,13H,3-4H2,1-2H3. The second-order valence-corrected chi connectivity index (χ2v) is 6.00. The molecule has 2 rings (SSSR count). The zero-order valence-electron chi connectivity index (χ0n) is 7.93. The number of hydrogen-bond donors (Lipinski definition) is 2. The van der Waals surface area contributed by atoms with Crippen LogP contribution in [-0.4, -0.2) is 24.9 Å². The van der Waals surface area contributed by atoms with Gasteiger partial charge in [-0.25, -0.2) is 8.42 Å². The van der Waals surface area contributed by atoms with Crippen molar-refractivity contribution in [1.82, 2.24) is 0 Å². The van der Waals surface area contributed by atoms with Crippen LogP contribution >= 0.6 is 0 Å². The Balaban J connectivity index is 2.34. The predicted octanol–water partition coefficient (Wildman–Crippen LogP) is 0.393. The van der Waals surface area contributed by atoms with Gasteiger partial charge < -0.3 is 5.11 Å². The maximum absolute atomic E-state index is 11.0. The Bertz CT molecular complexity index is 291. The highest BCUT2D eigenvalue weighted by Crippen LogP contribution is 2.57. The van der Waals surface area contributed by atoms with Gasteiger partial charge in [-0.2, -0.15) is 0 Å². The fourth-order valence-corrected chi connectivity index (χ4v) is 4.43. The predicted molar refractivity (Wildman–Crippen MR) is 50.1 cm³/mol. The van der Waals surface area contributed by atoms with Gasteiger partial charge in [0.15, 0.2) is 0 Å². The van der Waals surface area contributed by atoms with Gasteiger partial charge in [0.2, 0.25) is 0 Å². The minimum absolute atomic E-state index is 0.274. The maximum atomic E-state index is 11.0. The van der Waals surface area contributed by atoms with Crippen molar-refractivity contribution in [2.24, 2.45) is 17.3 Å². The van der Waals surface area contributed by atoms with Crippen LogP contribution in [0, 0.1) is 17.3 Å². The van der Waals surface area contributed by atoms with Crippen LogP contribution in [0.2, 0.25) is 0 Å². The number of aliphatic hydroxyl groups excluding tert-OH is 1. The van der Waals surface area contributed by atoms with E-state index >= 15 is 0 Å². The molecule has 2 saturated carbocycles. The molecule has 2 fully saturated rings. The van der Waals surface area contributed by atoms with Gasteiger partial charge in [0, 0.05) is 5.41 Å². The summed E-state index contributed by atoms with van der Waals surface area (Å²) in [6.45, 7) is 3.94. The maximum Gasteiger partial charge on any atom is 0.143 e. The van der Waals surface area contributed by atoms with E-state index in [1.54, 1.807) is 0 Å². The Hall–Kier alpha value is -0.0900. The van der Waals surface area contributed by atoms with E-state index < -0.39 is 16.8 Å². The number of thiol groups is 1. The van der Waals surface area contributed by atoms with E-state index in [1.165, 1.54) is 0 Å². The zero-order valence-corrected chi connectivity index (χ0v) is 8.83. The van der Waals surface area contributed by atoms with Crippen LogP contribution in [0.5, 0.6) is 0 Å². The van der Waals surface area contributed by atoms with Gasteiger partial charge in [0.05, 0.1) is 11.4 Å². The molecular formula is C9H16O3S. The molecule has 2 bridgehead atoms. The Kier molecular flexibility index (Phi) is 1.97. The molecule has 5 unspecified atom stereocenters. The van der Waals surface area contributed by atoms with Gasteiger partial charge in [-0.3, -0.25) is 0 Å². The van der Waals surface area contributed by atoms with E-state index in [0.717, 1.165) is 12.8 Å². The van der Waals surface area contributed by atoms with E-state index in [2.05, 4.69) is 0 Å². The highest BCUT2D eigenvalue weighted by Gasteiger charge is 2.59. The van der Waals surface area contributed by atoms with Crippen LogP contribution in [0.1, 0.15) is 26.7 Å². The van der Waals surface area contributed by atoms with Crippen molar-refractivity contribution < 1.29 is 13.5 Å². The Morgan fingerprint density at radius 2 is 2.08 bits per heavy atom. The van der Waals surface area contributed by atoms with Crippen molar-refractivity contribution in [2.45, 2.75) is 38.0 Å². The molecule has 1 N–H and O–H groups in total. The Morgan fingerprint density at radius 3 is 2.46 bits per heavy atom. The summed E-state index contributed by atoms with van der Waals surface area (Å²) in [5, 5.41) is 9.61. The summed E-state index contributed by atoms with van der Waals surface area (Å²) in [5.74, 6) is 0.689. The van der Waals surface area contributed by atoms with Crippen LogP contribution in [0.4, 0.5) is 0 Å². The molecule has 2 aliphatic rings. The number of aliphatic hydroxyl groups is 1. The van der Waals surface area contributed by atoms with Crippen molar-refractivity contribution in [1.29, 1.82) is 0 Å². The molecule has 3 nitrogen and oxygen atoms in total. The van der Waals surface area contributed by atoms with Crippen molar-refractivity contribution in [3.63, 3.8) is 0 Å². The van der Waals surface area contributed by atoms with Gasteiger partial charge in [0.25, 0.3) is 0 Å². The third kappa shape index (κ3) is 1.08. The summed E-state index contributed by atoms with van der Waals surface area (Å²) in [6, 6.07) is 0. The second-order valence-electron chi connectivity index (χ2n) is 4.81. The molecule has 0 spiro atoms. The summed E-state index contributed by atoms with van der Waals surface area (Å²) in [7, 11) is -2.37. The molecular weight excluding hydrogens is 188 g/mol. The van der Waals surface area contributed by atoms with Gasteiger partial charge in [0.1, 0.15) is 10.7 Å². The van der Waals surface area contributed by atoms with Crippen LogP contribution in [0.3, 0.4) is 0 Å². The lowest BCUT2D eigenvalue weighted by Crippen LogP contribution is -2.43.